The van der Waals surface area contributed by atoms with Gasteiger partial charge in [-0.25, -0.2) is 10.4 Å². The summed E-state index contributed by atoms with van der Waals surface area (Å²) in [4.78, 5) is 18.9. The number of benzene rings is 2. The van der Waals surface area contributed by atoms with Crippen molar-refractivity contribution >= 4 is 12.2 Å². The molecule has 1 heterocycles. The first kappa shape index (κ1) is 19.0. The number of nitrogens with zero attached hydrogens (tertiary/aromatic N) is 2. The lowest BCUT2D eigenvalue weighted by molar-refractivity contribution is 0.324. The van der Waals surface area contributed by atoms with E-state index < -0.39 is 0 Å². The molecule has 0 bridgehead atoms. The molecule has 8 nitrogen and oxygen atoms in total. The van der Waals surface area contributed by atoms with Crippen LogP contribution in [-0.2, 0) is 0 Å². The largest absolute Gasteiger partial charge is 0.493 e. The number of hydrogen-bond donors (Lipinski definition) is 2. The summed E-state index contributed by atoms with van der Waals surface area (Å²) in [6, 6.07) is 14.4. The van der Waals surface area contributed by atoms with Gasteiger partial charge in [0.05, 0.1) is 33.2 Å². The third-order valence-corrected chi connectivity index (χ3v) is 3.88. The Balaban J connectivity index is 1.84. The highest BCUT2D eigenvalue weighted by Crippen LogP contribution is 2.37. The van der Waals surface area contributed by atoms with E-state index in [1.807, 2.05) is 30.3 Å². The molecule has 3 aromatic rings. The summed E-state index contributed by atoms with van der Waals surface area (Å²) >= 11 is 0. The summed E-state index contributed by atoms with van der Waals surface area (Å²) in [5.74, 6) is 1.76. The molecule has 0 saturated heterocycles. The van der Waals surface area contributed by atoms with E-state index in [2.05, 4.69) is 20.5 Å². The van der Waals surface area contributed by atoms with Crippen molar-refractivity contribution < 1.29 is 14.2 Å². The number of aromatic nitrogens is 2. The van der Waals surface area contributed by atoms with Crippen molar-refractivity contribution in [2.75, 3.05) is 26.8 Å². The maximum absolute atomic E-state index is 11.9. The van der Waals surface area contributed by atoms with Gasteiger partial charge in [0.2, 0.25) is 11.7 Å². The number of H-pyrrole nitrogens is 1. The molecule has 0 fully saturated rings. The van der Waals surface area contributed by atoms with Gasteiger partial charge in [0.25, 0.3) is 5.56 Å². The maximum Gasteiger partial charge on any atom is 0.252 e. The number of methoxy groups -OCH3 is 3. The third-order valence-electron chi connectivity index (χ3n) is 3.88. The van der Waals surface area contributed by atoms with E-state index in [4.69, 9.17) is 14.2 Å². The minimum Gasteiger partial charge on any atom is -0.493 e. The number of hydrogen-bond acceptors (Lipinski definition) is 7. The normalized spacial score (nSPS) is 10.7. The highest BCUT2D eigenvalue weighted by Gasteiger charge is 2.12. The van der Waals surface area contributed by atoms with Crippen LogP contribution in [0.3, 0.4) is 0 Å². The van der Waals surface area contributed by atoms with Crippen molar-refractivity contribution in [1.29, 1.82) is 0 Å². The van der Waals surface area contributed by atoms with Crippen LogP contribution in [0.2, 0.25) is 0 Å². The summed E-state index contributed by atoms with van der Waals surface area (Å²) in [7, 11) is 4.62. The molecule has 0 amide bonds. The van der Waals surface area contributed by atoms with Gasteiger partial charge in [-0.05, 0) is 12.1 Å². The number of aromatic amines is 1. The van der Waals surface area contributed by atoms with Crippen molar-refractivity contribution in [2.45, 2.75) is 0 Å². The topological polar surface area (TPSA) is 97.8 Å². The molecule has 0 spiro atoms. The lowest BCUT2D eigenvalue weighted by Gasteiger charge is -2.12. The predicted octanol–water partition coefficient (Wildman–Crippen LogP) is 2.91. The second-order valence-electron chi connectivity index (χ2n) is 5.67. The van der Waals surface area contributed by atoms with Crippen LogP contribution < -0.4 is 25.2 Å². The van der Waals surface area contributed by atoms with E-state index >= 15 is 0 Å². The maximum atomic E-state index is 11.9. The fourth-order valence-electron chi connectivity index (χ4n) is 2.61. The number of hydrazone groups is 1. The minimum absolute atomic E-state index is 0.232. The van der Waals surface area contributed by atoms with Gasteiger partial charge in [0, 0.05) is 17.2 Å². The molecule has 0 atom stereocenters. The Labute approximate surface area is 161 Å². The third kappa shape index (κ3) is 4.29. The van der Waals surface area contributed by atoms with Gasteiger partial charge in [-0.3, -0.25) is 9.78 Å². The molecule has 144 valence electrons. The van der Waals surface area contributed by atoms with Gasteiger partial charge in [0.1, 0.15) is 0 Å². The van der Waals surface area contributed by atoms with Crippen molar-refractivity contribution in [1.82, 2.24) is 9.97 Å². The van der Waals surface area contributed by atoms with Crippen LogP contribution in [0.5, 0.6) is 17.2 Å². The van der Waals surface area contributed by atoms with E-state index in [0.29, 0.717) is 28.5 Å². The lowest BCUT2D eigenvalue weighted by Crippen LogP contribution is -2.10. The van der Waals surface area contributed by atoms with Crippen molar-refractivity contribution in [3.63, 3.8) is 0 Å². The van der Waals surface area contributed by atoms with Crippen LogP contribution in [0.4, 0.5) is 5.95 Å². The molecule has 2 aromatic carbocycles. The number of anilines is 1. The molecule has 0 unspecified atom stereocenters. The van der Waals surface area contributed by atoms with Crippen LogP contribution in [-0.4, -0.2) is 37.5 Å². The first-order valence-electron chi connectivity index (χ1n) is 8.40. The second-order valence-corrected chi connectivity index (χ2v) is 5.67. The molecule has 2 N–H and O–H groups in total. The fourth-order valence-corrected chi connectivity index (χ4v) is 2.61. The van der Waals surface area contributed by atoms with Crippen LogP contribution in [0.15, 0.2) is 58.4 Å². The Morgan fingerprint density at radius 3 is 2.29 bits per heavy atom. The molecule has 0 radical (unpaired) electrons. The molecule has 0 aliphatic heterocycles. The van der Waals surface area contributed by atoms with Gasteiger partial charge in [-0.1, -0.05) is 30.3 Å². The first-order valence-corrected chi connectivity index (χ1v) is 8.40. The van der Waals surface area contributed by atoms with Gasteiger partial charge in [-0.2, -0.15) is 5.10 Å². The predicted molar refractivity (Wildman–Crippen MR) is 108 cm³/mol. The van der Waals surface area contributed by atoms with Gasteiger partial charge in [-0.15, -0.1) is 0 Å². The molecule has 28 heavy (non-hydrogen) atoms. The zero-order valence-electron chi connectivity index (χ0n) is 15.7. The van der Waals surface area contributed by atoms with Gasteiger partial charge >= 0.3 is 0 Å². The van der Waals surface area contributed by atoms with Crippen LogP contribution >= 0.6 is 0 Å². The summed E-state index contributed by atoms with van der Waals surface area (Å²) in [5.41, 5.74) is 4.56. The van der Waals surface area contributed by atoms with Gasteiger partial charge < -0.3 is 14.2 Å². The van der Waals surface area contributed by atoms with Crippen LogP contribution in [0.1, 0.15) is 5.56 Å². The van der Waals surface area contributed by atoms with Crippen LogP contribution in [0.25, 0.3) is 11.3 Å². The monoisotopic (exact) mass is 380 g/mol. The van der Waals surface area contributed by atoms with E-state index in [1.165, 1.54) is 13.2 Å². The van der Waals surface area contributed by atoms with Gasteiger partial charge in [0.15, 0.2) is 11.5 Å². The Kier molecular flexibility index (Phi) is 5.91. The zero-order chi connectivity index (χ0) is 19.9. The first-order chi connectivity index (χ1) is 13.6. The molecule has 0 saturated carbocycles. The average molecular weight is 380 g/mol. The van der Waals surface area contributed by atoms with Crippen molar-refractivity contribution in [3.05, 3.63) is 64.4 Å². The average Bonchev–Trinajstić information content (AvgIpc) is 2.73. The van der Waals surface area contributed by atoms with E-state index in [-0.39, 0.29) is 11.5 Å². The molecule has 1 aromatic heterocycles. The Hall–Kier alpha value is -3.81. The molecule has 8 heteroatoms. The highest BCUT2D eigenvalue weighted by molar-refractivity contribution is 5.82. The van der Waals surface area contributed by atoms with Crippen molar-refractivity contribution in [3.8, 4) is 28.5 Å². The summed E-state index contributed by atoms with van der Waals surface area (Å²) in [6.45, 7) is 0. The highest BCUT2D eigenvalue weighted by atomic mass is 16.5. The molecule has 0 aliphatic carbocycles. The summed E-state index contributed by atoms with van der Waals surface area (Å²) in [6.07, 6.45) is 1.56. The van der Waals surface area contributed by atoms with Crippen LogP contribution in [0, 0.1) is 0 Å². The minimum atomic E-state index is -0.278. The van der Waals surface area contributed by atoms with E-state index in [0.717, 1.165) is 5.56 Å². The standard InChI is InChI=1S/C20H20N4O4/c1-26-16-9-13(10-17(27-2)19(16)28-3)12-21-24-20-22-15(11-18(25)23-20)14-7-5-4-6-8-14/h4-12H,1-3H3,(H2,22,23,24,25)/b21-12-. The molecular weight excluding hydrogens is 360 g/mol. The Morgan fingerprint density at radius 2 is 1.68 bits per heavy atom. The van der Waals surface area contributed by atoms with E-state index in [9.17, 15) is 4.79 Å². The fraction of sp³-hybridized carbons (Fsp3) is 0.150. The molecular formula is C20H20N4O4. The van der Waals surface area contributed by atoms with E-state index in [1.54, 1.807) is 32.6 Å². The number of nitrogens with one attached hydrogen (secondary N) is 2. The smallest absolute Gasteiger partial charge is 0.252 e. The number of rotatable bonds is 7. The zero-order valence-corrected chi connectivity index (χ0v) is 15.7. The SMILES string of the molecule is COc1cc(/C=N\Nc2nc(-c3ccccc3)cc(=O)[nH]2)cc(OC)c1OC. The molecule has 3 rings (SSSR count). The summed E-state index contributed by atoms with van der Waals surface area (Å²) < 4.78 is 15.9. The summed E-state index contributed by atoms with van der Waals surface area (Å²) in [5, 5.41) is 4.13. The molecule has 0 aliphatic rings. The lowest BCUT2D eigenvalue weighted by atomic mass is 10.1. The second kappa shape index (κ2) is 8.72. The Morgan fingerprint density at radius 1 is 1.00 bits per heavy atom. The van der Waals surface area contributed by atoms with Crippen molar-refractivity contribution in [2.24, 2.45) is 5.10 Å². The number of ether oxygens (including phenoxy) is 3. The Bertz CT molecular complexity index is 1010. The quantitative estimate of drug-likeness (QED) is 0.483.